The van der Waals surface area contributed by atoms with E-state index in [1.807, 2.05) is 19.9 Å². The first-order valence-corrected chi connectivity index (χ1v) is 4.80. The SMILES string of the molecule is C/C=C/C[C@@H](C)[C@H]1OC(=O)N[C@@H]1OC. The molecule has 0 spiro atoms. The van der Waals surface area contributed by atoms with E-state index in [2.05, 4.69) is 11.4 Å². The van der Waals surface area contributed by atoms with Crippen LogP contribution in [-0.2, 0) is 9.47 Å². The smallest absolute Gasteiger partial charge is 0.409 e. The van der Waals surface area contributed by atoms with Gasteiger partial charge >= 0.3 is 6.09 Å². The molecule has 1 amide bonds. The molecule has 0 unspecified atom stereocenters. The van der Waals surface area contributed by atoms with Crippen molar-refractivity contribution in [1.82, 2.24) is 5.32 Å². The van der Waals surface area contributed by atoms with E-state index >= 15 is 0 Å². The highest BCUT2D eigenvalue weighted by Crippen LogP contribution is 2.21. The Kier molecular flexibility index (Phi) is 3.95. The lowest BCUT2D eigenvalue weighted by Gasteiger charge is -2.20. The number of amides is 1. The molecule has 4 nitrogen and oxygen atoms in total. The minimum absolute atomic E-state index is 0.191. The van der Waals surface area contributed by atoms with Gasteiger partial charge in [-0.2, -0.15) is 0 Å². The molecule has 0 aromatic carbocycles. The van der Waals surface area contributed by atoms with Crippen LogP contribution in [0.1, 0.15) is 20.3 Å². The van der Waals surface area contributed by atoms with E-state index in [4.69, 9.17) is 9.47 Å². The first-order chi connectivity index (χ1) is 6.69. The standard InChI is InChI=1S/C10H17NO3/c1-4-5-6-7(2)8-9(13-3)11-10(12)14-8/h4-5,7-9H,6H2,1-3H3,(H,11,12)/b5-4+/t7-,8-,9-/m1/s1. The van der Waals surface area contributed by atoms with E-state index < -0.39 is 6.09 Å². The van der Waals surface area contributed by atoms with Crippen molar-refractivity contribution in [1.29, 1.82) is 0 Å². The number of rotatable bonds is 4. The maximum Gasteiger partial charge on any atom is 0.409 e. The zero-order chi connectivity index (χ0) is 10.6. The number of cyclic esters (lactones) is 1. The van der Waals surface area contributed by atoms with E-state index in [-0.39, 0.29) is 18.2 Å². The molecule has 0 aromatic rings. The fourth-order valence-corrected chi connectivity index (χ4v) is 1.51. The molecule has 1 heterocycles. The summed E-state index contributed by atoms with van der Waals surface area (Å²) in [5.74, 6) is 0.259. The second-order valence-corrected chi connectivity index (χ2v) is 3.45. The van der Waals surface area contributed by atoms with Crippen LogP contribution in [0.25, 0.3) is 0 Å². The minimum Gasteiger partial charge on any atom is -0.441 e. The van der Waals surface area contributed by atoms with Gasteiger partial charge in [-0.1, -0.05) is 19.1 Å². The second-order valence-electron chi connectivity index (χ2n) is 3.45. The Labute approximate surface area is 84.3 Å². The highest BCUT2D eigenvalue weighted by molar-refractivity contribution is 5.69. The van der Waals surface area contributed by atoms with Crippen molar-refractivity contribution in [2.45, 2.75) is 32.6 Å². The first-order valence-electron chi connectivity index (χ1n) is 4.80. The zero-order valence-corrected chi connectivity index (χ0v) is 8.82. The van der Waals surface area contributed by atoms with Gasteiger partial charge in [-0.05, 0) is 13.3 Å². The van der Waals surface area contributed by atoms with Crippen molar-refractivity contribution < 1.29 is 14.3 Å². The molecule has 80 valence electrons. The van der Waals surface area contributed by atoms with E-state index in [1.165, 1.54) is 0 Å². The summed E-state index contributed by atoms with van der Waals surface area (Å²) in [5.41, 5.74) is 0. The topological polar surface area (TPSA) is 47.6 Å². The van der Waals surface area contributed by atoms with Crippen molar-refractivity contribution in [3.63, 3.8) is 0 Å². The predicted octanol–water partition coefficient (Wildman–Crippen LogP) is 1.67. The molecule has 0 bridgehead atoms. The van der Waals surface area contributed by atoms with E-state index in [9.17, 15) is 4.79 Å². The van der Waals surface area contributed by atoms with Gasteiger partial charge in [-0.15, -0.1) is 0 Å². The lowest BCUT2D eigenvalue weighted by molar-refractivity contribution is -0.00388. The minimum atomic E-state index is -0.394. The van der Waals surface area contributed by atoms with Crippen LogP contribution in [0.3, 0.4) is 0 Å². The molecule has 1 rings (SSSR count). The summed E-state index contributed by atoms with van der Waals surface area (Å²) >= 11 is 0. The molecule has 4 heteroatoms. The third-order valence-corrected chi connectivity index (χ3v) is 2.36. The number of carbonyl (C=O) groups is 1. The van der Waals surface area contributed by atoms with Crippen LogP contribution in [0.15, 0.2) is 12.2 Å². The Morgan fingerprint density at radius 2 is 2.43 bits per heavy atom. The Bertz CT molecular complexity index is 227. The lowest BCUT2D eigenvalue weighted by Crippen LogP contribution is -2.36. The van der Waals surface area contributed by atoms with Crippen LogP contribution in [-0.4, -0.2) is 25.5 Å². The van der Waals surface area contributed by atoms with Gasteiger partial charge in [0.25, 0.3) is 0 Å². The molecule has 1 N–H and O–H groups in total. The number of allylic oxidation sites excluding steroid dienone is 2. The maximum atomic E-state index is 11.0. The van der Waals surface area contributed by atoms with Crippen molar-refractivity contribution in [3.8, 4) is 0 Å². The van der Waals surface area contributed by atoms with Gasteiger partial charge in [0, 0.05) is 13.0 Å². The summed E-state index contributed by atoms with van der Waals surface area (Å²) in [5, 5.41) is 2.60. The quantitative estimate of drug-likeness (QED) is 0.700. The molecule has 0 radical (unpaired) electrons. The van der Waals surface area contributed by atoms with Crippen molar-refractivity contribution in [2.75, 3.05) is 7.11 Å². The lowest BCUT2D eigenvalue weighted by atomic mass is 9.99. The summed E-state index contributed by atoms with van der Waals surface area (Å²) in [6.45, 7) is 4.01. The van der Waals surface area contributed by atoms with Gasteiger partial charge in [0.1, 0.15) is 0 Å². The molecular weight excluding hydrogens is 182 g/mol. The van der Waals surface area contributed by atoms with Gasteiger partial charge in [0.15, 0.2) is 12.3 Å². The number of nitrogens with one attached hydrogen (secondary N) is 1. The van der Waals surface area contributed by atoms with E-state index in [1.54, 1.807) is 7.11 Å². The van der Waals surface area contributed by atoms with Crippen LogP contribution >= 0.6 is 0 Å². The number of methoxy groups -OCH3 is 1. The summed E-state index contributed by atoms with van der Waals surface area (Å²) in [6, 6.07) is 0. The second kappa shape index (κ2) is 5.00. The van der Waals surface area contributed by atoms with E-state index in [0.717, 1.165) is 6.42 Å². The van der Waals surface area contributed by atoms with Crippen LogP contribution < -0.4 is 5.32 Å². The fraction of sp³-hybridized carbons (Fsp3) is 0.700. The Hall–Kier alpha value is -1.03. The molecule has 14 heavy (non-hydrogen) atoms. The van der Waals surface area contributed by atoms with Gasteiger partial charge in [-0.25, -0.2) is 4.79 Å². The molecule has 3 atom stereocenters. The molecule has 0 aliphatic carbocycles. The maximum absolute atomic E-state index is 11.0. The summed E-state index contributed by atoms with van der Waals surface area (Å²) in [4.78, 5) is 11.0. The number of hydrogen-bond acceptors (Lipinski definition) is 3. The van der Waals surface area contributed by atoms with Crippen molar-refractivity contribution in [2.24, 2.45) is 5.92 Å². The van der Waals surface area contributed by atoms with Gasteiger partial charge in [-0.3, -0.25) is 5.32 Å². The highest BCUT2D eigenvalue weighted by atomic mass is 16.6. The first kappa shape index (κ1) is 11.0. The van der Waals surface area contributed by atoms with Gasteiger partial charge in [0.05, 0.1) is 0 Å². The van der Waals surface area contributed by atoms with Gasteiger partial charge in [0.2, 0.25) is 0 Å². The van der Waals surface area contributed by atoms with E-state index in [0.29, 0.717) is 0 Å². The average molecular weight is 199 g/mol. The monoisotopic (exact) mass is 199 g/mol. The molecule has 1 aliphatic rings. The van der Waals surface area contributed by atoms with Crippen LogP contribution in [0.4, 0.5) is 4.79 Å². The largest absolute Gasteiger partial charge is 0.441 e. The average Bonchev–Trinajstić information content (AvgIpc) is 2.56. The number of carbonyl (C=O) groups excluding carboxylic acids is 1. The van der Waals surface area contributed by atoms with Crippen LogP contribution in [0.2, 0.25) is 0 Å². The molecule has 1 fully saturated rings. The molecular formula is C10H17NO3. The Morgan fingerprint density at radius 3 is 3.00 bits per heavy atom. The van der Waals surface area contributed by atoms with Crippen molar-refractivity contribution in [3.05, 3.63) is 12.2 Å². The normalized spacial score (nSPS) is 28.9. The third kappa shape index (κ3) is 2.48. The number of alkyl carbamates (subject to hydrolysis) is 1. The molecule has 0 aromatic heterocycles. The third-order valence-electron chi connectivity index (χ3n) is 2.36. The molecule has 1 aliphatic heterocycles. The van der Waals surface area contributed by atoms with Crippen LogP contribution in [0.5, 0.6) is 0 Å². The number of hydrogen-bond donors (Lipinski definition) is 1. The Balaban J connectivity index is 2.52. The molecule has 1 saturated heterocycles. The van der Waals surface area contributed by atoms with Gasteiger partial charge < -0.3 is 9.47 Å². The Morgan fingerprint density at radius 1 is 1.71 bits per heavy atom. The number of ether oxygens (including phenoxy) is 2. The summed E-state index contributed by atoms with van der Waals surface area (Å²) < 4.78 is 10.2. The highest BCUT2D eigenvalue weighted by Gasteiger charge is 2.37. The zero-order valence-electron chi connectivity index (χ0n) is 8.82. The van der Waals surface area contributed by atoms with Crippen LogP contribution in [0, 0.1) is 5.92 Å². The fourth-order valence-electron chi connectivity index (χ4n) is 1.51. The predicted molar refractivity (Wildman–Crippen MR) is 52.8 cm³/mol. The summed E-state index contributed by atoms with van der Waals surface area (Å²) in [7, 11) is 1.56. The summed E-state index contributed by atoms with van der Waals surface area (Å²) in [6.07, 6.45) is 4.03. The van der Waals surface area contributed by atoms with Crippen molar-refractivity contribution >= 4 is 6.09 Å². The molecule has 0 saturated carbocycles.